The molecule has 0 radical (unpaired) electrons. The lowest BCUT2D eigenvalue weighted by atomic mass is 10.1. The first kappa shape index (κ1) is 20.6. The fraction of sp³-hybridized carbons (Fsp3) is 0.150. The van der Waals surface area contributed by atoms with Crippen LogP contribution in [0.25, 0.3) is 11.0 Å². The highest BCUT2D eigenvalue weighted by Gasteiger charge is 2.10. The molecule has 0 bridgehead atoms. The summed E-state index contributed by atoms with van der Waals surface area (Å²) in [6.45, 7) is 3.38. The maximum atomic E-state index is 12.0. The second-order valence-electron chi connectivity index (χ2n) is 6.29. The van der Waals surface area contributed by atoms with Crippen LogP contribution in [-0.4, -0.2) is 17.6 Å². The Labute approximate surface area is 177 Å². The Hall–Kier alpha value is -3.10. The van der Waals surface area contributed by atoms with Gasteiger partial charge in [-0.1, -0.05) is 17.7 Å². The van der Waals surface area contributed by atoms with E-state index in [2.05, 4.69) is 16.2 Å². The number of benzene rings is 2. The molecule has 7 nitrogen and oxygen atoms in total. The normalized spacial score (nSPS) is 10.4. The zero-order valence-corrected chi connectivity index (χ0v) is 17.2. The lowest BCUT2D eigenvalue weighted by Gasteiger charge is -2.13. The molecule has 0 saturated heterocycles. The molecule has 3 N–H and O–H groups in total. The minimum atomic E-state index is -0.420. The third-order valence-electron chi connectivity index (χ3n) is 4.00. The molecule has 29 heavy (non-hydrogen) atoms. The lowest BCUT2D eigenvalue weighted by Crippen LogP contribution is -2.45. The molecule has 1 heterocycles. The first-order chi connectivity index (χ1) is 13.8. The molecule has 0 saturated carbocycles. The predicted molar refractivity (Wildman–Crippen MR) is 116 cm³/mol. The molecule has 0 aliphatic carbocycles. The SMILES string of the molecule is Cc1cc2oc(=O)cc(C)c2cc1OCC(=O)NNC(=S)Nc1cccc(Cl)c1. The summed E-state index contributed by atoms with van der Waals surface area (Å²) in [4.78, 5) is 23.5. The third-order valence-corrected chi connectivity index (χ3v) is 4.44. The number of anilines is 1. The Balaban J connectivity index is 1.56. The smallest absolute Gasteiger partial charge is 0.336 e. The van der Waals surface area contributed by atoms with Gasteiger partial charge in [0.25, 0.3) is 5.91 Å². The maximum absolute atomic E-state index is 12.0. The van der Waals surface area contributed by atoms with Gasteiger partial charge in [0.15, 0.2) is 11.7 Å². The highest BCUT2D eigenvalue weighted by Crippen LogP contribution is 2.26. The van der Waals surface area contributed by atoms with Crippen molar-refractivity contribution in [3.8, 4) is 5.75 Å². The van der Waals surface area contributed by atoms with E-state index in [1.165, 1.54) is 6.07 Å². The van der Waals surface area contributed by atoms with E-state index in [1.54, 1.807) is 43.3 Å². The van der Waals surface area contributed by atoms with Crippen molar-refractivity contribution in [2.75, 3.05) is 11.9 Å². The molecule has 0 atom stereocenters. The van der Waals surface area contributed by atoms with Crippen molar-refractivity contribution in [2.45, 2.75) is 13.8 Å². The number of hydrogen-bond donors (Lipinski definition) is 3. The second kappa shape index (κ2) is 8.93. The van der Waals surface area contributed by atoms with E-state index >= 15 is 0 Å². The highest BCUT2D eigenvalue weighted by molar-refractivity contribution is 7.80. The first-order valence-corrected chi connectivity index (χ1v) is 9.40. The van der Waals surface area contributed by atoms with Crippen molar-refractivity contribution < 1.29 is 13.9 Å². The number of ether oxygens (including phenoxy) is 1. The highest BCUT2D eigenvalue weighted by atomic mass is 35.5. The number of nitrogens with one attached hydrogen (secondary N) is 3. The number of halogens is 1. The van der Waals surface area contributed by atoms with Gasteiger partial charge in [-0.15, -0.1) is 0 Å². The zero-order chi connectivity index (χ0) is 21.0. The van der Waals surface area contributed by atoms with Crippen molar-refractivity contribution in [3.63, 3.8) is 0 Å². The molecular weight excluding hydrogens is 414 g/mol. The van der Waals surface area contributed by atoms with Gasteiger partial charge in [-0.2, -0.15) is 0 Å². The van der Waals surface area contributed by atoms with Crippen molar-refractivity contribution in [1.82, 2.24) is 10.9 Å². The molecule has 1 aromatic heterocycles. The van der Waals surface area contributed by atoms with Crippen molar-refractivity contribution >= 4 is 51.5 Å². The number of carbonyl (C=O) groups excluding carboxylic acids is 1. The Bertz CT molecular complexity index is 1150. The Morgan fingerprint density at radius 1 is 1.14 bits per heavy atom. The molecule has 3 rings (SSSR count). The summed E-state index contributed by atoms with van der Waals surface area (Å²) in [5.74, 6) is 0.0975. The Morgan fingerprint density at radius 2 is 1.93 bits per heavy atom. The fourth-order valence-electron chi connectivity index (χ4n) is 2.64. The fourth-order valence-corrected chi connectivity index (χ4v) is 3.00. The van der Waals surface area contributed by atoms with Gasteiger partial charge in [0.05, 0.1) is 0 Å². The van der Waals surface area contributed by atoms with Crippen LogP contribution in [0, 0.1) is 13.8 Å². The summed E-state index contributed by atoms with van der Waals surface area (Å²) in [6, 6.07) is 11.9. The number of aryl methyl sites for hydroxylation is 2. The van der Waals surface area contributed by atoms with E-state index in [-0.39, 0.29) is 11.7 Å². The molecule has 150 valence electrons. The summed E-state index contributed by atoms with van der Waals surface area (Å²) in [5.41, 5.74) is 7.31. The van der Waals surface area contributed by atoms with E-state index in [9.17, 15) is 9.59 Å². The summed E-state index contributed by atoms with van der Waals surface area (Å²) < 4.78 is 10.8. The molecule has 1 amide bonds. The van der Waals surface area contributed by atoms with Crippen LogP contribution in [0.3, 0.4) is 0 Å². The van der Waals surface area contributed by atoms with E-state index in [4.69, 9.17) is 33.0 Å². The van der Waals surface area contributed by atoms with Crippen molar-refractivity contribution in [3.05, 3.63) is 69.0 Å². The summed E-state index contributed by atoms with van der Waals surface area (Å²) in [6.07, 6.45) is 0. The number of thiocarbonyl (C=S) groups is 1. The molecule has 0 aliphatic rings. The quantitative estimate of drug-likeness (QED) is 0.331. The maximum Gasteiger partial charge on any atom is 0.336 e. The number of amides is 1. The van der Waals surface area contributed by atoms with Gasteiger partial charge in [0, 0.05) is 22.2 Å². The summed E-state index contributed by atoms with van der Waals surface area (Å²) in [5, 5.41) is 4.41. The van der Waals surface area contributed by atoms with E-state index in [0.717, 1.165) is 16.5 Å². The van der Waals surface area contributed by atoms with Crippen LogP contribution in [0.5, 0.6) is 5.75 Å². The largest absolute Gasteiger partial charge is 0.483 e. The molecule has 3 aromatic rings. The summed E-state index contributed by atoms with van der Waals surface area (Å²) >= 11 is 11.0. The second-order valence-corrected chi connectivity index (χ2v) is 7.13. The van der Waals surface area contributed by atoms with Crippen LogP contribution < -0.4 is 26.5 Å². The number of fused-ring (bicyclic) bond motifs is 1. The van der Waals surface area contributed by atoms with Crippen LogP contribution in [0.15, 0.2) is 51.7 Å². The average Bonchev–Trinajstić information content (AvgIpc) is 2.65. The van der Waals surface area contributed by atoms with Gasteiger partial charge in [-0.3, -0.25) is 15.6 Å². The number of hydrogen-bond acceptors (Lipinski definition) is 5. The Kier molecular flexibility index (Phi) is 6.36. The number of carbonyl (C=O) groups is 1. The molecule has 9 heteroatoms. The van der Waals surface area contributed by atoms with E-state index in [1.807, 2.05) is 6.92 Å². The molecule has 0 spiro atoms. The minimum Gasteiger partial charge on any atom is -0.483 e. The third kappa shape index (κ3) is 5.46. The minimum absolute atomic E-state index is 0.202. The topological polar surface area (TPSA) is 92.6 Å². The van der Waals surface area contributed by atoms with Crippen LogP contribution >= 0.6 is 23.8 Å². The standard InChI is InChI=1S/C20H18ClN3O4S/c1-11-7-19(26)28-17-6-12(2)16(9-15(11)17)27-10-18(25)23-24-20(29)22-14-5-3-4-13(21)8-14/h3-9H,10H2,1-2H3,(H,23,25)(H2,22,24,29). The monoisotopic (exact) mass is 431 g/mol. The lowest BCUT2D eigenvalue weighted by molar-refractivity contribution is -0.123. The molecule has 2 aromatic carbocycles. The van der Waals surface area contributed by atoms with Crippen LogP contribution in [0.2, 0.25) is 5.02 Å². The Morgan fingerprint density at radius 3 is 2.69 bits per heavy atom. The average molecular weight is 432 g/mol. The first-order valence-electron chi connectivity index (χ1n) is 8.61. The van der Waals surface area contributed by atoms with Gasteiger partial charge >= 0.3 is 5.63 Å². The van der Waals surface area contributed by atoms with Crippen LogP contribution in [0.4, 0.5) is 5.69 Å². The number of hydrazine groups is 1. The van der Waals surface area contributed by atoms with Crippen molar-refractivity contribution in [1.29, 1.82) is 0 Å². The predicted octanol–water partition coefficient (Wildman–Crippen LogP) is 3.46. The van der Waals surface area contributed by atoms with Crippen molar-refractivity contribution in [2.24, 2.45) is 0 Å². The molecule has 0 aliphatic heterocycles. The summed E-state index contributed by atoms with van der Waals surface area (Å²) in [7, 11) is 0. The van der Waals surface area contributed by atoms with E-state index < -0.39 is 11.5 Å². The van der Waals surface area contributed by atoms with Crippen LogP contribution in [-0.2, 0) is 4.79 Å². The van der Waals surface area contributed by atoms with Gasteiger partial charge in [-0.25, -0.2) is 4.79 Å². The van der Waals surface area contributed by atoms with Gasteiger partial charge in [0.2, 0.25) is 0 Å². The van der Waals surface area contributed by atoms with Crippen LogP contribution in [0.1, 0.15) is 11.1 Å². The number of rotatable bonds is 4. The van der Waals surface area contributed by atoms with E-state index in [0.29, 0.717) is 22.0 Å². The molecule has 0 unspecified atom stereocenters. The zero-order valence-electron chi connectivity index (χ0n) is 15.7. The molecule has 0 fully saturated rings. The van der Waals surface area contributed by atoms with Gasteiger partial charge in [-0.05, 0) is 67.5 Å². The van der Waals surface area contributed by atoms with Gasteiger partial charge in [0.1, 0.15) is 11.3 Å². The molecular formula is C20H18ClN3O4S. The van der Waals surface area contributed by atoms with Gasteiger partial charge < -0.3 is 14.5 Å².